The maximum Gasteiger partial charge on any atom is 0.178 e. The van der Waals surface area contributed by atoms with Crippen LogP contribution in [0.5, 0.6) is 0 Å². The molecule has 0 fully saturated rings. The van der Waals surface area contributed by atoms with E-state index < -0.39 is 0 Å². The van der Waals surface area contributed by atoms with Gasteiger partial charge in [0.15, 0.2) is 5.82 Å². The Morgan fingerprint density at radius 3 is 2.16 bits per heavy atom. The lowest BCUT2D eigenvalue weighted by Gasteiger charge is -2.11. The van der Waals surface area contributed by atoms with Crippen molar-refractivity contribution in [2.45, 2.75) is 60.3 Å². The maximum atomic E-state index is 5.02. The fourth-order valence-electron chi connectivity index (χ4n) is 4.30. The molecule has 0 aliphatic rings. The Hall–Kier alpha value is -3.07. The number of hydrogen-bond acceptors (Lipinski definition) is 3. The van der Waals surface area contributed by atoms with E-state index in [9.17, 15) is 0 Å². The van der Waals surface area contributed by atoms with Crippen molar-refractivity contribution in [1.82, 2.24) is 15.0 Å². The molecule has 164 valence electrons. The molecule has 0 aliphatic heterocycles. The highest BCUT2D eigenvalue weighted by atomic mass is 14.9. The van der Waals surface area contributed by atoms with Crippen LogP contribution in [-0.4, -0.2) is 15.0 Å². The molecular weight excluding hydrogens is 390 g/mol. The van der Waals surface area contributed by atoms with Crippen LogP contribution in [0.2, 0.25) is 0 Å². The molecule has 0 spiro atoms. The van der Waals surface area contributed by atoms with E-state index in [2.05, 4.69) is 73.2 Å². The molecule has 2 heterocycles. The number of benzene rings is 2. The summed E-state index contributed by atoms with van der Waals surface area (Å²) in [7, 11) is 0. The molecule has 4 aromatic rings. The molecule has 3 heteroatoms. The van der Waals surface area contributed by atoms with Gasteiger partial charge in [0.1, 0.15) is 5.69 Å². The van der Waals surface area contributed by atoms with E-state index in [4.69, 9.17) is 4.98 Å². The highest BCUT2D eigenvalue weighted by Crippen LogP contribution is 2.25. The summed E-state index contributed by atoms with van der Waals surface area (Å²) in [5, 5.41) is 1.18. The van der Waals surface area contributed by atoms with Crippen LogP contribution in [0, 0.1) is 26.7 Å². The first-order valence-corrected chi connectivity index (χ1v) is 11.7. The van der Waals surface area contributed by atoms with Gasteiger partial charge in [0, 0.05) is 16.8 Å². The summed E-state index contributed by atoms with van der Waals surface area (Å²) in [6, 6.07) is 19.8. The predicted molar refractivity (Wildman–Crippen MR) is 134 cm³/mol. The molecule has 2 aromatic carbocycles. The van der Waals surface area contributed by atoms with E-state index in [0.717, 1.165) is 47.8 Å². The minimum atomic E-state index is 0.703. The second-order valence-electron chi connectivity index (χ2n) is 9.42. The lowest BCUT2D eigenvalue weighted by atomic mass is 9.96. The summed E-state index contributed by atoms with van der Waals surface area (Å²) in [6.07, 6.45) is 4.37. The van der Waals surface area contributed by atoms with Crippen molar-refractivity contribution in [3.8, 4) is 11.5 Å². The van der Waals surface area contributed by atoms with Gasteiger partial charge in [0.25, 0.3) is 0 Å². The Bertz CT molecular complexity index is 1220. The van der Waals surface area contributed by atoms with Crippen molar-refractivity contribution in [2.75, 3.05) is 0 Å². The summed E-state index contributed by atoms with van der Waals surface area (Å²) in [6.45, 7) is 10.7. The smallest absolute Gasteiger partial charge is 0.178 e. The SMILES string of the molecule is Cc1cc(CCc2cccc(CCC(C)C)c2)c2nc(-c3nc(C)cc(C)n3)ccc2c1. The van der Waals surface area contributed by atoms with Gasteiger partial charge in [-0.1, -0.05) is 55.8 Å². The van der Waals surface area contributed by atoms with E-state index in [1.165, 1.54) is 34.1 Å². The van der Waals surface area contributed by atoms with Crippen molar-refractivity contribution in [3.05, 3.63) is 88.2 Å². The molecule has 0 saturated carbocycles. The number of pyridine rings is 1. The van der Waals surface area contributed by atoms with Crippen LogP contribution in [0.15, 0.2) is 54.6 Å². The van der Waals surface area contributed by atoms with Gasteiger partial charge >= 0.3 is 0 Å². The Morgan fingerprint density at radius 1 is 0.719 bits per heavy atom. The van der Waals surface area contributed by atoms with E-state index >= 15 is 0 Å². The monoisotopic (exact) mass is 423 g/mol. The quantitative estimate of drug-likeness (QED) is 0.321. The maximum absolute atomic E-state index is 5.02. The van der Waals surface area contributed by atoms with Crippen LogP contribution in [0.25, 0.3) is 22.4 Å². The molecule has 0 bridgehead atoms. The zero-order chi connectivity index (χ0) is 22.7. The van der Waals surface area contributed by atoms with E-state index in [0.29, 0.717) is 5.82 Å². The Balaban J connectivity index is 1.63. The third-order valence-corrected chi connectivity index (χ3v) is 5.91. The summed E-state index contributed by atoms with van der Waals surface area (Å²) in [4.78, 5) is 14.3. The molecule has 0 amide bonds. The molecule has 32 heavy (non-hydrogen) atoms. The first-order valence-electron chi connectivity index (χ1n) is 11.7. The molecule has 0 aliphatic carbocycles. The first-order chi connectivity index (χ1) is 15.4. The average molecular weight is 424 g/mol. The molecule has 0 radical (unpaired) electrons. The van der Waals surface area contributed by atoms with E-state index in [1.807, 2.05) is 26.0 Å². The van der Waals surface area contributed by atoms with Crippen LogP contribution in [-0.2, 0) is 19.3 Å². The second kappa shape index (κ2) is 9.60. The lowest BCUT2D eigenvalue weighted by molar-refractivity contribution is 0.586. The second-order valence-corrected chi connectivity index (χ2v) is 9.42. The zero-order valence-electron chi connectivity index (χ0n) is 19.9. The van der Waals surface area contributed by atoms with E-state index in [-0.39, 0.29) is 0 Å². The van der Waals surface area contributed by atoms with Crippen LogP contribution < -0.4 is 0 Å². The standard InChI is InChI=1S/C29H33N3/c1-19(2)9-10-23-7-6-8-24(18-23)11-12-25-15-20(3)16-26-13-14-27(32-28(25)26)29-30-21(4)17-22(5)31-29/h6-8,13-19H,9-12H2,1-5H3. The fourth-order valence-corrected chi connectivity index (χ4v) is 4.30. The molecular formula is C29H33N3. The van der Waals surface area contributed by atoms with Gasteiger partial charge in [-0.25, -0.2) is 15.0 Å². The molecule has 0 N–H and O–H groups in total. The lowest BCUT2D eigenvalue weighted by Crippen LogP contribution is -2.00. The van der Waals surface area contributed by atoms with Crippen molar-refractivity contribution in [3.63, 3.8) is 0 Å². The minimum absolute atomic E-state index is 0.703. The summed E-state index contributed by atoms with van der Waals surface area (Å²) < 4.78 is 0. The number of aromatic nitrogens is 3. The van der Waals surface area contributed by atoms with Crippen LogP contribution in [0.1, 0.15) is 53.9 Å². The number of nitrogens with zero attached hydrogens (tertiary/aromatic N) is 3. The number of hydrogen-bond donors (Lipinski definition) is 0. The van der Waals surface area contributed by atoms with Gasteiger partial charge in [-0.05, 0) is 87.3 Å². The van der Waals surface area contributed by atoms with Gasteiger partial charge in [-0.2, -0.15) is 0 Å². The number of rotatable bonds is 7. The molecule has 0 unspecified atom stereocenters. The third kappa shape index (κ3) is 5.40. The normalized spacial score (nSPS) is 11.4. The van der Waals surface area contributed by atoms with Crippen molar-refractivity contribution >= 4 is 10.9 Å². The predicted octanol–water partition coefficient (Wildman–Crippen LogP) is 6.99. The fraction of sp³-hybridized carbons (Fsp3) is 0.345. The average Bonchev–Trinajstić information content (AvgIpc) is 2.75. The van der Waals surface area contributed by atoms with Gasteiger partial charge in [0.05, 0.1) is 5.52 Å². The van der Waals surface area contributed by atoms with E-state index in [1.54, 1.807) is 0 Å². The molecule has 0 atom stereocenters. The van der Waals surface area contributed by atoms with Gasteiger partial charge in [-0.15, -0.1) is 0 Å². The highest BCUT2D eigenvalue weighted by Gasteiger charge is 2.10. The third-order valence-electron chi connectivity index (χ3n) is 5.91. The first kappa shape index (κ1) is 22.1. The van der Waals surface area contributed by atoms with Crippen molar-refractivity contribution < 1.29 is 0 Å². The van der Waals surface area contributed by atoms with Crippen LogP contribution in [0.3, 0.4) is 0 Å². The summed E-state index contributed by atoms with van der Waals surface area (Å²) in [5.41, 5.74) is 9.24. The van der Waals surface area contributed by atoms with Crippen LogP contribution >= 0.6 is 0 Å². The van der Waals surface area contributed by atoms with Gasteiger partial charge in [-0.3, -0.25) is 0 Å². The molecule has 2 aromatic heterocycles. The van der Waals surface area contributed by atoms with Crippen molar-refractivity contribution in [2.24, 2.45) is 5.92 Å². The summed E-state index contributed by atoms with van der Waals surface area (Å²) in [5.74, 6) is 1.44. The number of aryl methyl sites for hydroxylation is 6. The Labute approximate surface area is 192 Å². The Morgan fingerprint density at radius 2 is 1.44 bits per heavy atom. The Kier molecular flexibility index (Phi) is 6.64. The summed E-state index contributed by atoms with van der Waals surface area (Å²) >= 11 is 0. The zero-order valence-corrected chi connectivity index (χ0v) is 19.9. The van der Waals surface area contributed by atoms with Crippen molar-refractivity contribution in [1.29, 1.82) is 0 Å². The van der Waals surface area contributed by atoms with Crippen LogP contribution in [0.4, 0.5) is 0 Å². The number of fused-ring (bicyclic) bond motifs is 1. The molecule has 0 saturated heterocycles. The minimum Gasteiger partial charge on any atom is -0.244 e. The van der Waals surface area contributed by atoms with Gasteiger partial charge in [0.2, 0.25) is 0 Å². The van der Waals surface area contributed by atoms with Gasteiger partial charge < -0.3 is 0 Å². The topological polar surface area (TPSA) is 38.7 Å². The largest absolute Gasteiger partial charge is 0.244 e. The highest BCUT2D eigenvalue weighted by molar-refractivity contribution is 5.84. The molecule has 3 nitrogen and oxygen atoms in total. The molecule has 4 rings (SSSR count).